The maximum absolute atomic E-state index is 11.4. The minimum atomic E-state index is -0.583. The molecule has 1 rings (SSSR count). The number of carbonyl (C=O) groups excluding carboxylic acids is 1. The molecule has 0 aliphatic rings. The van der Waals surface area contributed by atoms with Crippen molar-refractivity contribution in [2.45, 2.75) is 32.8 Å². The summed E-state index contributed by atoms with van der Waals surface area (Å²) in [5.74, 6) is 0. The molecule has 7 heteroatoms. The lowest BCUT2D eigenvalue weighted by atomic mass is 10.1. The Morgan fingerprint density at radius 2 is 2.17 bits per heavy atom. The van der Waals surface area contributed by atoms with Crippen LogP contribution < -0.4 is 5.32 Å². The standard InChI is InChI=1S/C16H19N3O4/c1-16(2,3)23-15(20)18-9-5-4-6-12-7-8-13(11-17)14(10-12)19(21)22/h4,6-8,10H,5,9H2,1-3H3,(H,18,20). The molecule has 0 unspecified atom stereocenters. The topological polar surface area (TPSA) is 105 Å². The molecular formula is C16H19N3O4. The summed E-state index contributed by atoms with van der Waals surface area (Å²) < 4.78 is 5.09. The van der Waals surface area contributed by atoms with Gasteiger partial charge in [0.2, 0.25) is 0 Å². The zero-order chi connectivity index (χ0) is 17.5. The summed E-state index contributed by atoms with van der Waals surface area (Å²) in [5, 5.41) is 22.3. The van der Waals surface area contributed by atoms with Crippen LogP contribution in [0.25, 0.3) is 6.08 Å². The maximum atomic E-state index is 11.4. The second-order valence-electron chi connectivity index (χ2n) is 5.77. The number of nitrogens with zero attached hydrogens (tertiary/aromatic N) is 2. The number of nitro benzene ring substituents is 1. The first-order chi connectivity index (χ1) is 10.7. The highest BCUT2D eigenvalue weighted by Crippen LogP contribution is 2.20. The van der Waals surface area contributed by atoms with Crippen molar-refractivity contribution in [1.29, 1.82) is 5.26 Å². The third-order valence-corrected chi connectivity index (χ3v) is 2.63. The third kappa shape index (κ3) is 6.61. The second kappa shape index (κ2) is 7.94. The van der Waals surface area contributed by atoms with Crippen molar-refractivity contribution in [2.75, 3.05) is 6.54 Å². The first-order valence-electron chi connectivity index (χ1n) is 7.05. The van der Waals surface area contributed by atoms with E-state index in [2.05, 4.69) is 5.32 Å². The van der Waals surface area contributed by atoms with Gasteiger partial charge in [-0.2, -0.15) is 5.26 Å². The van der Waals surface area contributed by atoms with Gasteiger partial charge in [-0.15, -0.1) is 0 Å². The van der Waals surface area contributed by atoms with Gasteiger partial charge in [0.15, 0.2) is 0 Å². The number of rotatable bonds is 5. The molecule has 1 aromatic carbocycles. The van der Waals surface area contributed by atoms with Crippen LogP contribution in [0.3, 0.4) is 0 Å². The van der Waals surface area contributed by atoms with Gasteiger partial charge in [-0.3, -0.25) is 10.1 Å². The number of nitro groups is 1. The van der Waals surface area contributed by atoms with E-state index in [-0.39, 0.29) is 11.3 Å². The van der Waals surface area contributed by atoms with Crippen molar-refractivity contribution in [3.8, 4) is 6.07 Å². The van der Waals surface area contributed by atoms with Crippen LogP contribution in [-0.2, 0) is 4.74 Å². The molecule has 0 fully saturated rings. The molecule has 0 bridgehead atoms. The Morgan fingerprint density at radius 3 is 2.74 bits per heavy atom. The van der Waals surface area contributed by atoms with Crippen LogP contribution in [0.5, 0.6) is 0 Å². The van der Waals surface area contributed by atoms with Gasteiger partial charge in [0.25, 0.3) is 5.69 Å². The predicted molar refractivity (Wildman–Crippen MR) is 85.7 cm³/mol. The Morgan fingerprint density at radius 1 is 1.48 bits per heavy atom. The summed E-state index contributed by atoms with van der Waals surface area (Å²) in [5.41, 5.74) is -0.116. The fourth-order valence-electron chi connectivity index (χ4n) is 1.69. The van der Waals surface area contributed by atoms with Crippen LogP contribution >= 0.6 is 0 Å². The number of benzene rings is 1. The molecule has 0 radical (unpaired) electrons. The van der Waals surface area contributed by atoms with E-state index >= 15 is 0 Å². The lowest BCUT2D eigenvalue weighted by Crippen LogP contribution is -2.32. The number of nitriles is 1. The number of amides is 1. The van der Waals surface area contributed by atoms with Crippen LogP contribution in [-0.4, -0.2) is 23.2 Å². The third-order valence-electron chi connectivity index (χ3n) is 2.63. The minimum Gasteiger partial charge on any atom is -0.444 e. The van der Waals surface area contributed by atoms with E-state index < -0.39 is 16.6 Å². The van der Waals surface area contributed by atoms with Crippen LogP contribution in [0.4, 0.5) is 10.5 Å². The molecule has 0 saturated heterocycles. The number of alkyl carbamates (subject to hydrolysis) is 1. The molecule has 7 nitrogen and oxygen atoms in total. The van der Waals surface area contributed by atoms with Crippen molar-refractivity contribution >= 4 is 17.9 Å². The smallest absolute Gasteiger partial charge is 0.407 e. The van der Waals surface area contributed by atoms with E-state index in [4.69, 9.17) is 10.00 Å². The maximum Gasteiger partial charge on any atom is 0.407 e. The van der Waals surface area contributed by atoms with E-state index in [1.165, 1.54) is 12.1 Å². The Labute approximate surface area is 134 Å². The van der Waals surface area contributed by atoms with Crippen LogP contribution in [0, 0.1) is 21.4 Å². The fourth-order valence-corrected chi connectivity index (χ4v) is 1.69. The van der Waals surface area contributed by atoms with E-state index in [1.807, 2.05) is 0 Å². The molecule has 1 N–H and O–H groups in total. The van der Waals surface area contributed by atoms with Gasteiger partial charge in [-0.1, -0.05) is 18.2 Å². The summed E-state index contributed by atoms with van der Waals surface area (Å²) in [7, 11) is 0. The molecule has 0 saturated carbocycles. The van der Waals surface area contributed by atoms with Gasteiger partial charge in [0.05, 0.1) is 4.92 Å². The molecule has 0 aromatic heterocycles. The predicted octanol–water partition coefficient (Wildman–Crippen LogP) is 3.39. The zero-order valence-corrected chi connectivity index (χ0v) is 13.3. The molecule has 0 spiro atoms. The van der Waals surface area contributed by atoms with Gasteiger partial charge in [0.1, 0.15) is 17.2 Å². The Bertz CT molecular complexity index is 654. The van der Waals surface area contributed by atoms with Gasteiger partial charge < -0.3 is 10.1 Å². The number of carbonyl (C=O) groups is 1. The number of hydrogen-bond donors (Lipinski definition) is 1. The van der Waals surface area contributed by atoms with Crippen LogP contribution in [0.2, 0.25) is 0 Å². The lowest BCUT2D eigenvalue weighted by Gasteiger charge is -2.19. The number of ether oxygens (including phenoxy) is 1. The van der Waals surface area contributed by atoms with E-state index in [9.17, 15) is 14.9 Å². The molecule has 23 heavy (non-hydrogen) atoms. The number of nitrogens with one attached hydrogen (secondary N) is 1. The average molecular weight is 317 g/mol. The SMILES string of the molecule is CC(C)(C)OC(=O)NCCC=Cc1ccc(C#N)c([N+](=O)[O-])c1. The molecule has 1 aromatic rings. The van der Waals surface area contributed by atoms with Gasteiger partial charge in [-0.05, 0) is 38.8 Å². The van der Waals surface area contributed by atoms with E-state index in [1.54, 1.807) is 45.1 Å². The first kappa shape index (κ1) is 18.2. The Hall–Kier alpha value is -2.88. The molecule has 122 valence electrons. The molecule has 1 amide bonds. The summed E-state index contributed by atoms with van der Waals surface area (Å²) in [4.78, 5) is 21.7. The minimum absolute atomic E-state index is 0.0266. The molecular weight excluding hydrogens is 298 g/mol. The summed E-state index contributed by atoms with van der Waals surface area (Å²) in [6.07, 6.45) is 3.54. The van der Waals surface area contributed by atoms with E-state index in [0.29, 0.717) is 18.5 Å². The van der Waals surface area contributed by atoms with Crippen LogP contribution in [0.15, 0.2) is 24.3 Å². The largest absolute Gasteiger partial charge is 0.444 e. The second-order valence-corrected chi connectivity index (χ2v) is 5.77. The van der Waals surface area contributed by atoms with Gasteiger partial charge >= 0.3 is 6.09 Å². The normalized spacial score (nSPS) is 11.0. The van der Waals surface area contributed by atoms with Gasteiger partial charge in [-0.25, -0.2) is 4.79 Å². The molecule has 0 aliphatic carbocycles. The monoisotopic (exact) mass is 317 g/mol. The fraction of sp³-hybridized carbons (Fsp3) is 0.375. The summed E-state index contributed by atoms with van der Waals surface area (Å²) in [6, 6.07) is 6.17. The van der Waals surface area contributed by atoms with E-state index in [0.717, 1.165) is 0 Å². The quantitative estimate of drug-likeness (QED) is 0.509. The number of hydrogen-bond acceptors (Lipinski definition) is 5. The lowest BCUT2D eigenvalue weighted by molar-refractivity contribution is -0.385. The highest BCUT2D eigenvalue weighted by molar-refractivity contribution is 5.67. The van der Waals surface area contributed by atoms with Crippen molar-refractivity contribution in [1.82, 2.24) is 5.32 Å². The molecule has 0 aliphatic heterocycles. The first-order valence-corrected chi connectivity index (χ1v) is 7.05. The summed E-state index contributed by atoms with van der Waals surface area (Å²) in [6.45, 7) is 5.74. The highest BCUT2D eigenvalue weighted by atomic mass is 16.6. The molecule has 0 atom stereocenters. The average Bonchev–Trinajstić information content (AvgIpc) is 2.44. The van der Waals surface area contributed by atoms with Crippen molar-refractivity contribution < 1.29 is 14.5 Å². The summed E-state index contributed by atoms with van der Waals surface area (Å²) >= 11 is 0. The highest BCUT2D eigenvalue weighted by Gasteiger charge is 2.15. The Balaban J connectivity index is 2.53. The van der Waals surface area contributed by atoms with Crippen molar-refractivity contribution in [2.24, 2.45) is 0 Å². The van der Waals surface area contributed by atoms with Gasteiger partial charge in [0, 0.05) is 12.6 Å². The zero-order valence-electron chi connectivity index (χ0n) is 13.3. The van der Waals surface area contributed by atoms with Crippen LogP contribution in [0.1, 0.15) is 38.3 Å². The Kier molecular flexibility index (Phi) is 6.27. The molecule has 0 heterocycles. The van der Waals surface area contributed by atoms with Crippen molar-refractivity contribution in [3.05, 3.63) is 45.5 Å². The van der Waals surface area contributed by atoms with Crippen molar-refractivity contribution in [3.63, 3.8) is 0 Å².